The number of carbonyl (C=O) groups excluding carboxylic acids is 1. The lowest BCUT2D eigenvalue weighted by Crippen LogP contribution is -2.22. The Morgan fingerprint density at radius 1 is 1.37 bits per heavy atom. The second-order valence-electron chi connectivity index (χ2n) is 4.02. The lowest BCUT2D eigenvalue weighted by Gasteiger charge is -2.06. The van der Waals surface area contributed by atoms with E-state index in [1.807, 2.05) is 37.3 Å². The van der Waals surface area contributed by atoms with Crippen LogP contribution in [0.4, 0.5) is 5.13 Å². The lowest BCUT2D eigenvalue weighted by atomic mass is 10.2. The van der Waals surface area contributed by atoms with Gasteiger partial charge in [0.2, 0.25) is 11.0 Å². The molecule has 0 aliphatic carbocycles. The van der Waals surface area contributed by atoms with Crippen LogP contribution in [0.5, 0.6) is 0 Å². The Hall–Kier alpha value is -1.27. The monoisotopic (exact) mass is 339 g/mol. The molecular formula is C13H14BrN3OS. The molecule has 0 saturated carbocycles. The molecule has 1 amide bonds. The quantitative estimate of drug-likeness (QED) is 0.845. The number of carbonyl (C=O) groups is 1. The van der Waals surface area contributed by atoms with Crippen molar-refractivity contribution in [2.75, 3.05) is 5.32 Å². The number of aromatic nitrogens is 2. The van der Waals surface area contributed by atoms with Crippen LogP contribution in [0.1, 0.15) is 19.8 Å². The van der Waals surface area contributed by atoms with Crippen LogP contribution in [0.3, 0.4) is 0 Å². The van der Waals surface area contributed by atoms with Crippen LogP contribution in [-0.2, 0) is 4.79 Å². The van der Waals surface area contributed by atoms with Crippen LogP contribution in [0.2, 0.25) is 0 Å². The van der Waals surface area contributed by atoms with Crippen molar-refractivity contribution in [3.8, 4) is 10.6 Å². The molecule has 0 spiro atoms. The minimum Gasteiger partial charge on any atom is -0.300 e. The fourth-order valence-electron chi connectivity index (χ4n) is 1.54. The molecule has 100 valence electrons. The molecule has 1 aromatic carbocycles. The number of amides is 1. The molecule has 1 unspecified atom stereocenters. The van der Waals surface area contributed by atoms with E-state index in [2.05, 4.69) is 31.4 Å². The smallest absolute Gasteiger partial charge is 0.239 e. The molecule has 0 aliphatic heterocycles. The van der Waals surface area contributed by atoms with Crippen molar-refractivity contribution < 1.29 is 4.79 Å². The molecule has 2 rings (SSSR count). The van der Waals surface area contributed by atoms with Gasteiger partial charge in [-0.3, -0.25) is 10.1 Å². The molecule has 1 heterocycles. The van der Waals surface area contributed by atoms with Crippen LogP contribution in [0.25, 0.3) is 10.6 Å². The number of benzene rings is 1. The molecule has 6 heteroatoms. The normalized spacial score (nSPS) is 12.1. The number of nitrogens with zero attached hydrogens (tertiary/aromatic N) is 2. The van der Waals surface area contributed by atoms with Crippen molar-refractivity contribution in [3.05, 3.63) is 30.3 Å². The second-order valence-corrected chi connectivity index (χ2v) is 6.11. The van der Waals surface area contributed by atoms with Gasteiger partial charge in [-0.15, -0.1) is 10.2 Å². The SMILES string of the molecule is CCCC(Br)C(=O)Nc1nnc(-c2ccccc2)s1. The maximum atomic E-state index is 11.8. The van der Waals surface area contributed by atoms with Crippen molar-refractivity contribution in [2.45, 2.75) is 24.6 Å². The fraction of sp³-hybridized carbons (Fsp3) is 0.308. The molecule has 2 aromatic rings. The fourth-order valence-corrected chi connectivity index (χ4v) is 2.86. The first-order valence-corrected chi connectivity index (χ1v) is 7.77. The highest BCUT2D eigenvalue weighted by Crippen LogP contribution is 2.26. The van der Waals surface area contributed by atoms with E-state index in [4.69, 9.17) is 0 Å². The third kappa shape index (κ3) is 3.84. The van der Waals surface area contributed by atoms with Gasteiger partial charge in [0.05, 0.1) is 4.83 Å². The maximum absolute atomic E-state index is 11.8. The van der Waals surface area contributed by atoms with Crippen LogP contribution >= 0.6 is 27.3 Å². The molecule has 1 N–H and O–H groups in total. The van der Waals surface area contributed by atoms with Gasteiger partial charge in [-0.1, -0.05) is 70.9 Å². The summed E-state index contributed by atoms with van der Waals surface area (Å²) in [4.78, 5) is 11.6. The molecule has 1 atom stereocenters. The lowest BCUT2D eigenvalue weighted by molar-refractivity contribution is -0.115. The van der Waals surface area contributed by atoms with Gasteiger partial charge in [-0.05, 0) is 6.42 Å². The Kier molecular flexibility index (Phi) is 5.04. The minimum atomic E-state index is -0.179. The summed E-state index contributed by atoms with van der Waals surface area (Å²) in [6.07, 6.45) is 1.75. The molecule has 1 aromatic heterocycles. The van der Waals surface area contributed by atoms with Crippen molar-refractivity contribution >= 4 is 38.3 Å². The van der Waals surface area contributed by atoms with E-state index >= 15 is 0 Å². The summed E-state index contributed by atoms with van der Waals surface area (Å²) >= 11 is 4.73. The van der Waals surface area contributed by atoms with Gasteiger partial charge in [-0.2, -0.15) is 0 Å². The third-order valence-electron chi connectivity index (χ3n) is 2.50. The average molecular weight is 340 g/mol. The van der Waals surface area contributed by atoms with E-state index < -0.39 is 0 Å². The Morgan fingerprint density at radius 3 is 2.79 bits per heavy atom. The summed E-state index contributed by atoms with van der Waals surface area (Å²) in [5, 5.41) is 12.2. The molecule has 0 aliphatic rings. The molecule has 0 saturated heterocycles. The molecule has 0 fully saturated rings. The number of halogens is 1. The molecule has 19 heavy (non-hydrogen) atoms. The number of hydrogen-bond donors (Lipinski definition) is 1. The van der Waals surface area contributed by atoms with Gasteiger partial charge in [0, 0.05) is 5.56 Å². The van der Waals surface area contributed by atoms with E-state index in [9.17, 15) is 4.79 Å². The van der Waals surface area contributed by atoms with Gasteiger partial charge in [0.15, 0.2) is 0 Å². The van der Waals surface area contributed by atoms with Crippen LogP contribution in [0, 0.1) is 0 Å². The van der Waals surface area contributed by atoms with E-state index in [0.29, 0.717) is 5.13 Å². The predicted octanol–water partition coefficient (Wildman–Crippen LogP) is 3.71. The van der Waals surface area contributed by atoms with Crippen LogP contribution in [-0.4, -0.2) is 20.9 Å². The maximum Gasteiger partial charge on any atom is 0.239 e. The van der Waals surface area contributed by atoms with E-state index in [1.165, 1.54) is 11.3 Å². The minimum absolute atomic E-state index is 0.0717. The van der Waals surface area contributed by atoms with Gasteiger partial charge < -0.3 is 0 Å². The van der Waals surface area contributed by atoms with Crippen molar-refractivity contribution in [3.63, 3.8) is 0 Å². The van der Waals surface area contributed by atoms with Gasteiger partial charge in [0.1, 0.15) is 5.01 Å². The number of alkyl halides is 1. The zero-order valence-electron chi connectivity index (χ0n) is 10.5. The summed E-state index contributed by atoms with van der Waals surface area (Å²) in [7, 11) is 0. The molecule has 0 radical (unpaired) electrons. The van der Waals surface area contributed by atoms with Crippen molar-refractivity contribution in [1.82, 2.24) is 10.2 Å². The highest BCUT2D eigenvalue weighted by Gasteiger charge is 2.16. The van der Waals surface area contributed by atoms with Crippen molar-refractivity contribution in [1.29, 1.82) is 0 Å². The van der Waals surface area contributed by atoms with Crippen LogP contribution < -0.4 is 5.32 Å². The average Bonchev–Trinajstić information content (AvgIpc) is 2.88. The Labute approximate surface area is 124 Å². The summed E-state index contributed by atoms with van der Waals surface area (Å²) in [6, 6.07) is 9.79. The van der Waals surface area contributed by atoms with Gasteiger partial charge >= 0.3 is 0 Å². The highest BCUT2D eigenvalue weighted by atomic mass is 79.9. The molecule has 4 nitrogen and oxygen atoms in total. The highest BCUT2D eigenvalue weighted by molar-refractivity contribution is 9.10. The Bertz CT molecular complexity index is 544. The summed E-state index contributed by atoms with van der Waals surface area (Å²) in [6.45, 7) is 2.04. The third-order valence-corrected chi connectivity index (χ3v) is 4.26. The van der Waals surface area contributed by atoms with E-state index in [0.717, 1.165) is 23.4 Å². The van der Waals surface area contributed by atoms with E-state index in [-0.39, 0.29) is 10.7 Å². The van der Waals surface area contributed by atoms with Gasteiger partial charge in [-0.25, -0.2) is 0 Å². The topological polar surface area (TPSA) is 54.9 Å². The van der Waals surface area contributed by atoms with E-state index in [1.54, 1.807) is 0 Å². The zero-order valence-corrected chi connectivity index (χ0v) is 12.9. The summed E-state index contributed by atoms with van der Waals surface area (Å²) in [5.74, 6) is -0.0717. The zero-order chi connectivity index (χ0) is 13.7. The Morgan fingerprint density at radius 2 is 2.11 bits per heavy atom. The number of hydrogen-bond acceptors (Lipinski definition) is 4. The number of rotatable bonds is 5. The number of anilines is 1. The Balaban J connectivity index is 2.04. The standard InChI is InChI=1S/C13H14BrN3OS/c1-2-6-10(14)11(18)15-13-17-16-12(19-13)9-7-4-3-5-8-9/h3-5,7-8,10H,2,6H2,1H3,(H,15,17,18). The largest absolute Gasteiger partial charge is 0.300 e. The van der Waals surface area contributed by atoms with Gasteiger partial charge in [0.25, 0.3) is 0 Å². The predicted molar refractivity (Wildman–Crippen MR) is 81.6 cm³/mol. The summed E-state index contributed by atoms with van der Waals surface area (Å²) in [5.41, 5.74) is 1.00. The second kappa shape index (κ2) is 6.77. The summed E-state index contributed by atoms with van der Waals surface area (Å²) < 4.78 is 0. The molecular weight excluding hydrogens is 326 g/mol. The van der Waals surface area contributed by atoms with Crippen molar-refractivity contribution in [2.24, 2.45) is 0 Å². The first-order valence-electron chi connectivity index (χ1n) is 6.04. The first kappa shape index (κ1) is 14.1. The van der Waals surface area contributed by atoms with Crippen LogP contribution in [0.15, 0.2) is 30.3 Å². The number of nitrogens with one attached hydrogen (secondary N) is 1. The molecule has 0 bridgehead atoms. The first-order chi connectivity index (χ1) is 9.20.